The summed E-state index contributed by atoms with van der Waals surface area (Å²) < 4.78 is 1.83. The SMILES string of the molecule is CCCc1cc(=O)[nH]c(Sc2c(CNC)c(C)nn2C)n1. The highest BCUT2D eigenvalue weighted by molar-refractivity contribution is 7.99. The van der Waals surface area contributed by atoms with Gasteiger partial charge in [-0.3, -0.25) is 9.48 Å². The Balaban J connectivity index is 2.36. The van der Waals surface area contributed by atoms with E-state index in [4.69, 9.17) is 0 Å². The fourth-order valence-electron chi connectivity index (χ4n) is 2.20. The molecule has 0 aliphatic carbocycles. The normalized spacial score (nSPS) is 11.0. The summed E-state index contributed by atoms with van der Waals surface area (Å²) in [5.41, 5.74) is 2.85. The minimum absolute atomic E-state index is 0.106. The number of aromatic nitrogens is 4. The zero-order chi connectivity index (χ0) is 15.4. The number of rotatable bonds is 6. The monoisotopic (exact) mass is 307 g/mol. The van der Waals surface area contributed by atoms with Crippen LogP contribution in [0.3, 0.4) is 0 Å². The Morgan fingerprint density at radius 1 is 1.48 bits per heavy atom. The van der Waals surface area contributed by atoms with Crippen LogP contribution in [0.2, 0.25) is 0 Å². The van der Waals surface area contributed by atoms with E-state index in [-0.39, 0.29) is 5.56 Å². The molecule has 0 aliphatic heterocycles. The average molecular weight is 307 g/mol. The van der Waals surface area contributed by atoms with Gasteiger partial charge in [0.15, 0.2) is 5.16 Å². The quantitative estimate of drug-likeness (QED) is 0.793. The van der Waals surface area contributed by atoms with Gasteiger partial charge in [-0.05, 0) is 32.2 Å². The Hall–Kier alpha value is -1.60. The van der Waals surface area contributed by atoms with Gasteiger partial charge in [-0.15, -0.1) is 0 Å². The molecule has 0 fully saturated rings. The van der Waals surface area contributed by atoms with Crippen LogP contribution < -0.4 is 10.9 Å². The molecule has 6 nitrogen and oxygen atoms in total. The molecule has 0 saturated carbocycles. The van der Waals surface area contributed by atoms with Crippen molar-refractivity contribution in [3.63, 3.8) is 0 Å². The lowest BCUT2D eigenvalue weighted by atomic mass is 10.2. The molecule has 7 heteroatoms. The summed E-state index contributed by atoms with van der Waals surface area (Å²) in [6, 6.07) is 1.57. The molecule has 0 unspecified atom stereocenters. The Labute approximate surface area is 128 Å². The third-order valence-electron chi connectivity index (χ3n) is 3.11. The van der Waals surface area contributed by atoms with Crippen LogP contribution in [-0.2, 0) is 20.0 Å². The van der Waals surface area contributed by atoms with E-state index in [0.29, 0.717) is 5.16 Å². The number of aromatic amines is 1. The maximum absolute atomic E-state index is 11.7. The molecule has 0 saturated heterocycles. The Kier molecular flexibility index (Phi) is 5.19. The van der Waals surface area contributed by atoms with E-state index in [1.807, 2.05) is 25.7 Å². The van der Waals surface area contributed by atoms with Crippen LogP contribution in [0.5, 0.6) is 0 Å². The summed E-state index contributed by atoms with van der Waals surface area (Å²) in [6.45, 7) is 4.80. The summed E-state index contributed by atoms with van der Waals surface area (Å²) >= 11 is 1.45. The lowest BCUT2D eigenvalue weighted by Gasteiger charge is -2.06. The van der Waals surface area contributed by atoms with Crippen LogP contribution in [0.4, 0.5) is 0 Å². The third kappa shape index (κ3) is 3.74. The first kappa shape index (κ1) is 15.8. The standard InChI is InChI=1S/C14H21N5OS/c1-5-6-10-7-12(20)17-14(16-10)21-13-11(8-15-3)9(2)18-19(13)4/h7,15H,5-6,8H2,1-4H3,(H,16,17,20). The smallest absolute Gasteiger partial charge is 0.251 e. The first-order valence-corrected chi connectivity index (χ1v) is 7.82. The van der Waals surface area contributed by atoms with Crippen LogP contribution in [-0.4, -0.2) is 26.8 Å². The van der Waals surface area contributed by atoms with Gasteiger partial charge < -0.3 is 10.3 Å². The highest BCUT2D eigenvalue weighted by Crippen LogP contribution is 2.29. The first-order chi connectivity index (χ1) is 10.0. The number of hydrogen-bond donors (Lipinski definition) is 2. The van der Waals surface area contributed by atoms with Crippen molar-refractivity contribution in [3.05, 3.63) is 33.4 Å². The largest absolute Gasteiger partial charge is 0.316 e. The maximum atomic E-state index is 11.7. The molecule has 0 radical (unpaired) electrons. The highest BCUT2D eigenvalue weighted by Gasteiger charge is 2.15. The van der Waals surface area contributed by atoms with E-state index in [1.54, 1.807) is 6.07 Å². The second-order valence-corrected chi connectivity index (χ2v) is 5.89. The Morgan fingerprint density at radius 2 is 2.24 bits per heavy atom. The van der Waals surface area contributed by atoms with Gasteiger partial charge in [-0.25, -0.2) is 4.98 Å². The van der Waals surface area contributed by atoms with Crippen molar-refractivity contribution >= 4 is 11.8 Å². The Morgan fingerprint density at radius 3 is 2.90 bits per heavy atom. The van der Waals surface area contributed by atoms with E-state index in [0.717, 1.165) is 41.4 Å². The minimum Gasteiger partial charge on any atom is -0.316 e. The van der Waals surface area contributed by atoms with Gasteiger partial charge in [0.25, 0.3) is 5.56 Å². The molecular formula is C14H21N5OS. The predicted molar refractivity (Wildman–Crippen MR) is 83.7 cm³/mol. The topological polar surface area (TPSA) is 75.6 Å². The lowest BCUT2D eigenvalue weighted by molar-refractivity contribution is 0.681. The van der Waals surface area contributed by atoms with Gasteiger partial charge in [0.05, 0.1) is 5.69 Å². The van der Waals surface area contributed by atoms with E-state index in [2.05, 4.69) is 27.3 Å². The average Bonchev–Trinajstić information content (AvgIpc) is 2.66. The molecule has 114 valence electrons. The van der Waals surface area contributed by atoms with Crippen molar-refractivity contribution in [3.8, 4) is 0 Å². The first-order valence-electron chi connectivity index (χ1n) is 7.00. The van der Waals surface area contributed by atoms with Crippen molar-refractivity contribution in [2.24, 2.45) is 7.05 Å². The molecule has 2 N–H and O–H groups in total. The zero-order valence-corrected chi connectivity index (χ0v) is 13.7. The number of aryl methyl sites for hydroxylation is 3. The molecule has 0 aromatic carbocycles. The van der Waals surface area contributed by atoms with Crippen molar-refractivity contribution in [2.45, 2.75) is 43.4 Å². The van der Waals surface area contributed by atoms with Gasteiger partial charge in [-0.2, -0.15) is 5.10 Å². The summed E-state index contributed by atoms with van der Waals surface area (Å²) in [7, 11) is 3.81. The molecule has 2 rings (SSSR count). The van der Waals surface area contributed by atoms with Crippen LogP contribution >= 0.6 is 11.8 Å². The van der Waals surface area contributed by atoms with Crippen LogP contribution in [0.1, 0.15) is 30.3 Å². The van der Waals surface area contributed by atoms with Gasteiger partial charge >= 0.3 is 0 Å². The molecular weight excluding hydrogens is 286 g/mol. The molecule has 0 amide bonds. The summed E-state index contributed by atoms with van der Waals surface area (Å²) in [4.78, 5) is 19.0. The third-order valence-corrected chi connectivity index (χ3v) is 4.21. The predicted octanol–water partition coefficient (Wildman–Crippen LogP) is 1.63. The molecule has 0 aliphatic rings. The van der Waals surface area contributed by atoms with Gasteiger partial charge in [-0.1, -0.05) is 13.3 Å². The number of hydrogen-bond acceptors (Lipinski definition) is 5. The van der Waals surface area contributed by atoms with Crippen molar-refractivity contribution in [1.82, 2.24) is 25.1 Å². The molecule has 21 heavy (non-hydrogen) atoms. The zero-order valence-electron chi connectivity index (χ0n) is 12.9. The van der Waals surface area contributed by atoms with Crippen molar-refractivity contribution in [2.75, 3.05) is 7.05 Å². The van der Waals surface area contributed by atoms with E-state index < -0.39 is 0 Å². The second-order valence-electron chi connectivity index (χ2n) is 4.92. The molecule has 0 atom stereocenters. The second kappa shape index (κ2) is 6.91. The summed E-state index contributed by atoms with van der Waals surface area (Å²) in [6.07, 6.45) is 1.78. The summed E-state index contributed by atoms with van der Waals surface area (Å²) in [5, 5.41) is 9.21. The minimum atomic E-state index is -0.106. The van der Waals surface area contributed by atoms with Gasteiger partial charge in [0.1, 0.15) is 5.03 Å². The number of nitrogens with one attached hydrogen (secondary N) is 2. The van der Waals surface area contributed by atoms with Crippen LogP contribution in [0, 0.1) is 6.92 Å². The lowest BCUT2D eigenvalue weighted by Crippen LogP contribution is -2.11. The molecule has 2 heterocycles. The molecule has 2 aromatic rings. The maximum Gasteiger partial charge on any atom is 0.251 e. The number of H-pyrrole nitrogens is 1. The van der Waals surface area contributed by atoms with Crippen molar-refractivity contribution in [1.29, 1.82) is 0 Å². The van der Waals surface area contributed by atoms with Gasteiger partial charge in [0, 0.05) is 30.9 Å². The number of nitrogens with zero attached hydrogens (tertiary/aromatic N) is 3. The highest BCUT2D eigenvalue weighted by atomic mass is 32.2. The van der Waals surface area contributed by atoms with E-state index in [9.17, 15) is 4.79 Å². The van der Waals surface area contributed by atoms with E-state index in [1.165, 1.54) is 11.8 Å². The fraction of sp³-hybridized carbons (Fsp3) is 0.500. The Bertz CT molecular complexity index is 676. The molecule has 0 bridgehead atoms. The van der Waals surface area contributed by atoms with Crippen LogP contribution in [0.15, 0.2) is 21.0 Å². The molecule has 2 aromatic heterocycles. The fourth-order valence-corrected chi connectivity index (χ4v) is 3.21. The van der Waals surface area contributed by atoms with Crippen molar-refractivity contribution < 1.29 is 0 Å². The summed E-state index contributed by atoms with van der Waals surface area (Å²) in [5.74, 6) is 0. The van der Waals surface area contributed by atoms with E-state index >= 15 is 0 Å². The van der Waals surface area contributed by atoms with Gasteiger partial charge in [0.2, 0.25) is 0 Å². The van der Waals surface area contributed by atoms with Crippen LogP contribution in [0.25, 0.3) is 0 Å². The molecule has 0 spiro atoms.